The molecule has 0 radical (unpaired) electrons. The van der Waals surface area contributed by atoms with Gasteiger partial charge in [0.2, 0.25) is 0 Å². The minimum absolute atomic E-state index is 0.226. The van der Waals surface area contributed by atoms with E-state index in [1.807, 2.05) is 36.4 Å². The van der Waals surface area contributed by atoms with E-state index in [0.29, 0.717) is 63.2 Å². The van der Waals surface area contributed by atoms with E-state index < -0.39 is 12.2 Å². The number of carbonyl (C=O) groups is 2. The summed E-state index contributed by atoms with van der Waals surface area (Å²) in [4.78, 5) is 23.6. The van der Waals surface area contributed by atoms with E-state index in [0.717, 1.165) is 22.3 Å². The van der Waals surface area contributed by atoms with Gasteiger partial charge in [0.05, 0.1) is 49.7 Å². The smallest absolute Gasteiger partial charge is 0.305 e. The summed E-state index contributed by atoms with van der Waals surface area (Å²) in [5, 5.41) is 20.3. The van der Waals surface area contributed by atoms with Crippen molar-refractivity contribution in [2.45, 2.75) is 76.8 Å². The number of nitrogens with zero attached hydrogens (tertiary/aromatic N) is 2. The number of ether oxygens (including phenoxy) is 5. The van der Waals surface area contributed by atoms with Crippen LogP contribution in [0.15, 0.2) is 36.4 Å². The van der Waals surface area contributed by atoms with Crippen molar-refractivity contribution in [3.63, 3.8) is 0 Å². The van der Waals surface area contributed by atoms with Crippen LogP contribution in [0.4, 0.5) is 0 Å². The molecule has 2 saturated heterocycles. The Balaban J connectivity index is 1.56. The van der Waals surface area contributed by atoms with Gasteiger partial charge in [-0.1, -0.05) is 36.4 Å². The van der Waals surface area contributed by atoms with Gasteiger partial charge in [-0.05, 0) is 50.7 Å². The molecule has 2 fully saturated rings. The van der Waals surface area contributed by atoms with Crippen molar-refractivity contribution >= 4 is 11.9 Å². The maximum Gasteiger partial charge on any atom is 0.305 e. The number of aryl methyl sites for hydroxylation is 2. The Hall–Kier alpha value is -3.76. The number of hydrogen-bond acceptors (Lipinski definition) is 9. The van der Waals surface area contributed by atoms with Crippen molar-refractivity contribution in [2.24, 2.45) is 0 Å². The van der Waals surface area contributed by atoms with E-state index in [2.05, 4.69) is 12.1 Å². The molecule has 2 aromatic rings. The molecule has 0 bridgehead atoms. The molecule has 0 saturated carbocycles. The first-order valence-corrected chi connectivity index (χ1v) is 14.2. The van der Waals surface area contributed by atoms with Crippen molar-refractivity contribution < 1.29 is 33.3 Å². The third kappa shape index (κ3) is 8.14. The highest BCUT2D eigenvalue weighted by Crippen LogP contribution is 2.43. The summed E-state index contributed by atoms with van der Waals surface area (Å²) in [7, 11) is 0. The monoisotopic (exact) mass is 560 g/mol. The fourth-order valence-electron chi connectivity index (χ4n) is 5.06. The average molecular weight is 561 g/mol. The van der Waals surface area contributed by atoms with E-state index in [9.17, 15) is 20.1 Å². The lowest BCUT2D eigenvalue weighted by molar-refractivity contribution is -0.144. The van der Waals surface area contributed by atoms with E-state index in [1.54, 1.807) is 13.8 Å². The number of nitriles is 2. The molecule has 2 unspecified atom stereocenters. The summed E-state index contributed by atoms with van der Waals surface area (Å²) in [6.07, 6.45) is 1.26. The Morgan fingerprint density at radius 1 is 0.805 bits per heavy atom. The number of rotatable bonds is 16. The molecule has 0 spiro atoms. The molecule has 41 heavy (non-hydrogen) atoms. The van der Waals surface area contributed by atoms with Crippen molar-refractivity contribution in [2.75, 3.05) is 26.4 Å². The highest BCUT2D eigenvalue weighted by Gasteiger charge is 2.43. The van der Waals surface area contributed by atoms with Gasteiger partial charge >= 0.3 is 11.9 Å². The van der Waals surface area contributed by atoms with E-state index in [4.69, 9.17) is 23.7 Å². The normalized spacial score (nSPS) is 18.4. The van der Waals surface area contributed by atoms with Crippen LogP contribution in [-0.2, 0) is 46.1 Å². The molecule has 2 aromatic carbocycles. The van der Waals surface area contributed by atoms with Gasteiger partial charge in [-0.3, -0.25) is 9.59 Å². The van der Waals surface area contributed by atoms with Crippen LogP contribution in [-0.4, -0.2) is 50.6 Å². The standard InChI is InChI=1S/C32H36N2O7/c1-3-37-29(35)15-7-11-21-9-5-13-23(25(21)17-33)31(27-19-39-27)41-32(28-20-40-28)24-14-6-10-22(26(24)18-34)12-8-16-30(36)38-4-2/h5-6,9-10,13-14,27-28,31-32H,3-4,7-8,11-12,15-16,19-20H2,1-2H3/t27?,28?,31-,32-/m1/s1. The van der Waals surface area contributed by atoms with E-state index >= 15 is 0 Å². The van der Waals surface area contributed by atoms with Crippen LogP contribution in [0, 0.1) is 22.7 Å². The predicted molar refractivity (Wildman–Crippen MR) is 148 cm³/mol. The topological polar surface area (TPSA) is 134 Å². The highest BCUT2D eigenvalue weighted by atomic mass is 16.6. The molecule has 2 heterocycles. The lowest BCUT2D eigenvalue weighted by Gasteiger charge is -2.26. The van der Waals surface area contributed by atoms with Crippen LogP contribution in [0.1, 0.15) is 85.1 Å². The molecule has 9 nitrogen and oxygen atoms in total. The molecule has 0 aromatic heterocycles. The average Bonchev–Trinajstić information content (AvgIpc) is 3.89. The van der Waals surface area contributed by atoms with Gasteiger partial charge in [0, 0.05) is 24.0 Å². The second kappa shape index (κ2) is 14.7. The quantitative estimate of drug-likeness (QED) is 0.210. The van der Waals surface area contributed by atoms with Crippen molar-refractivity contribution in [1.29, 1.82) is 10.5 Å². The summed E-state index contributed by atoms with van der Waals surface area (Å²) in [5.74, 6) is -0.503. The van der Waals surface area contributed by atoms with Gasteiger partial charge in [0.25, 0.3) is 0 Å². The van der Waals surface area contributed by atoms with Gasteiger partial charge in [-0.15, -0.1) is 0 Å². The summed E-state index contributed by atoms with van der Waals surface area (Å²) in [6.45, 7) is 5.23. The molecule has 2 aliphatic rings. The zero-order valence-corrected chi connectivity index (χ0v) is 23.6. The summed E-state index contributed by atoms with van der Waals surface area (Å²) < 4.78 is 28.1. The third-order valence-electron chi connectivity index (χ3n) is 7.15. The number of hydrogen-bond donors (Lipinski definition) is 0. The molecular weight excluding hydrogens is 524 g/mol. The fraction of sp³-hybridized carbons (Fsp3) is 0.500. The van der Waals surface area contributed by atoms with Gasteiger partial charge in [-0.2, -0.15) is 10.5 Å². The third-order valence-corrected chi connectivity index (χ3v) is 7.15. The van der Waals surface area contributed by atoms with Crippen molar-refractivity contribution in [3.05, 3.63) is 69.8 Å². The molecule has 4 atom stereocenters. The number of epoxide rings is 2. The fourth-order valence-corrected chi connectivity index (χ4v) is 5.06. The first-order chi connectivity index (χ1) is 20.0. The van der Waals surface area contributed by atoms with Gasteiger partial charge in [0.1, 0.15) is 24.4 Å². The van der Waals surface area contributed by atoms with Gasteiger partial charge in [-0.25, -0.2) is 0 Å². The lowest BCUT2D eigenvalue weighted by atomic mass is 9.92. The summed E-state index contributed by atoms with van der Waals surface area (Å²) in [5.41, 5.74) is 4.14. The largest absolute Gasteiger partial charge is 0.466 e. The minimum Gasteiger partial charge on any atom is -0.466 e. The van der Waals surface area contributed by atoms with Crippen molar-refractivity contribution in [1.82, 2.24) is 0 Å². The number of carbonyl (C=O) groups excluding carboxylic acids is 2. The molecule has 216 valence electrons. The Kier molecular flexibility index (Phi) is 10.9. The number of benzene rings is 2. The Morgan fingerprint density at radius 2 is 1.22 bits per heavy atom. The second-order valence-electron chi connectivity index (χ2n) is 10.0. The molecule has 9 heteroatoms. The predicted octanol–water partition coefficient (Wildman–Crippen LogP) is 4.80. The number of esters is 2. The molecule has 0 N–H and O–H groups in total. The molecule has 2 aliphatic heterocycles. The summed E-state index contributed by atoms with van der Waals surface area (Å²) >= 11 is 0. The van der Waals surface area contributed by atoms with Crippen LogP contribution in [0.2, 0.25) is 0 Å². The molecule has 4 rings (SSSR count). The van der Waals surface area contributed by atoms with Gasteiger partial charge < -0.3 is 23.7 Å². The SMILES string of the molecule is CCOC(=O)CCCc1cccc([C@@H](O[C@H](c2cccc(CCCC(=O)OCC)c2C#N)C2CO2)C2CO2)c1C#N. The first kappa shape index (κ1) is 30.2. The Labute approximate surface area is 240 Å². The molecular formula is C32H36N2O7. The Morgan fingerprint density at radius 3 is 1.56 bits per heavy atom. The lowest BCUT2D eigenvalue weighted by Crippen LogP contribution is -2.21. The van der Waals surface area contributed by atoms with E-state index in [-0.39, 0.29) is 37.0 Å². The maximum atomic E-state index is 11.8. The highest BCUT2D eigenvalue weighted by molar-refractivity contribution is 5.69. The molecule has 0 aliphatic carbocycles. The van der Waals surface area contributed by atoms with Crippen LogP contribution >= 0.6 is 0 Å². The van der Waals surface area contributed by atoms with E-state index in [1.165, 1.54) is 0 Å². The zero-order chi connectivity index (χ0) is 29.2. The maximum absolute atomic E-state index is 11.8. The second-order valence-corrected chi connectivity index (χ2v) is 10.0. The van der Waals surface area contributed by atoms with Crippen molar-refractivity contribution in [3.8, 4) is 12.1 Å². The van der Waals surface area contributed by atoms with Crippen LogP contribution in [0.25, 0.3) is 0 Å². The molecule has 0 amide bonds. The minimum atomic E-state index is -0.539. The van der Waals surface area contributed by atoms with Crippen LogP contribution in [0.3, 0.4) is 0 Å². The van der Waals surface area contributed by atoms with Gasteiger partial charge in [0.15, 0.2) is 0 Å². The van der Waals surface area contributed by atoms with Crippen LogP contribution < -0.4 is 0 Å². The zero-order valence-electron chi connectivity index (χ0n) is 23.6. The Bertz CT molecular complexity index is 1200. The van der Waals surface area contributed by atoms with Crippen LogP contribution in [0.5, 0.6) is 0 Å². The summed E-state index contributed by atoms with van der Waals surface area (Å²) in [6, 6.07) is 16.0. The first-order valence-electron chi connectivity index (χ1n) is 14.2.